The Balaban J connectivity index is 1.67. The highest BCUT2D eigenvalue weighted by Crippen LogP contribution is 2.24. The summed E-state index contributed by atoms with van der Waals surface area (Å²) in [7, 11) is 0. The van der Waals surface area contributed by atoms with E-state index in [0.717, 1.165) is 42.0 Å². The molecule has 1 saturated heterocycles. The quantitative estimate of drug-likeness (QED) is 0.661. The number of nitriles is 1. The smallest absolute Gasteiger partial charge is 0.191 e. The van der Waals surface area contributed by atoms with Gasteiger partial charge in [0.15, 0.2) is 5.89 Å². The molecule has 1 unspecified atom stereocenters. The van der Waals surface area contributed by atoms with Crippen LogP contribution in [0.15, 0.2) is 34.9 Å². The first kappa shape index (κ1) is 16.8. The normalized spacial score (nSPS) is 18.2. The largest absolute Gasteiger partial charge is 0.444 e. The molecular formula is C20H23N5O. The highest BCUT2D eigenvalue weighted by atomic mass is 16.4. The van der Waals surface area contributed by atoms with E-state index in [1.54, 1.807) is 6.20 Å². The molecular weight excluding hydrogens is 326 g/mol. The molecule has 1 atom stereocenters. The standard InChI is InChI=1S/C20H23N5O/c1-15-22-13-17(26-15)14-25-19-8-3-2-7-18(19)23-20(25)12-16-6-4-5-10-24(16)11-9-21/h2-3,7-8,13,16H,4-6,10-12,14H2,1H3. The van der Waals surface area contributed by atoms with E-state index in [4.69, 9.17) is 14.7 Å². The summed E-state index contributed by atoms with van der Waals surface area (Å²) in [5.74, 6) is 2.57. The Hall–Kier alpha value is -2.65. The number of imidazole rings is 1. The molecule has 0 aliphatic carbocycles. The molecule has 1 aromatic carbocycles. The van der Waals surface area contributed by atoms with Crippen LogP contribution in [0.4, 0.5) is 0 Å². The van der Waals surface area contributed by atoms with Gasteiger partial charge in [0, 0.05) is 19.4 Å². The van der Waals surface area contributed by atoms with Crippen molar-refractivity contribution in [3.8, 4) is 6.07 Å². The van der Waals surface area contributed by atoms with Gasteiger partial charge in [-0.1, -0.05) is 18.6 Å². The minimum atomic E-state index is 0.371. The van der Waals surface area contributed by atoms with Crippen molar-refractivity contribution in [1.29, 1.82) is 5.26 Å². The number of piperidine rings is 1. The molecule has 6 nitrogen and oxygen atoms in total. The molecule has 0 N–H and O–H groups in total. The summed E-state index contributed by atoms with van der Waals surface area (Å²) in [5, 5.41) is 9.14. The average Bonchev–Trinajstić information content (AvgIpc) is 3.21. The molecule has 134 valence electrons. The summed E-state index contributed by atoms with van der Waals surface area (Å²) >= 11 is 0. The van der Waals surface area contributed by atoms with Crippen molar-refractivity contribution >= 4 is 11.0 Å². The zero-order chi connectivity index (χ0) is 17.9. The SMILES string of the molecule is Cc1ncc(Cn2c(CC3CCCCN3CC#N)nc3ccccc32)o1. The van der Waals surface area contributed by atoms with Crippen LogP contribution >= 0.6 is 0 Å². The third-order valence-electron chi connectivity index (χ3n) is 5.16. The van der Waals surface area contributed by atoms with E-state index in [-0.39, 0.29) is 0 Å². The van der Waals surface area contributed by atoms with Gasteiger partial charge in [0.05, 0.1) is 36.4 Å². The molecule has 6 heteroatoms. The van der Waals surface area contributed by atoms with Crippen LogP contribution in [0, 0.1) is 18.3 Å². The minimum Gasteiger partial charge on any atom is -0.444 e. The zero-order valence-electron chi connectivity index (χ0n) is 15.1. The molecule has 0 radical (unpaired) electrons. The molecule has 0 spiro atoms. The van der Waals surface area contributed by atoms with Crippen molar-refractivity contribution in [2.75, 3.05) is 13.1 Å². The second-order valence-electron chi connectivity index (χ2n) is 6.93. The van der Waals surface area contributed by atoms with Gasteiger partial charge in [-0.25, -0.2) is 9.97 Å². The third-order valence-corrected chi connectivity index (χ3v) is 5.16. The Morgan fingerprint density at radius 2 is 2.19 bits per heavy atom. The first-order valence-corrected chi connectivity index (χ1v) is 9.21. The highest BCUT2D eigenvalue weighted by Gasteiger charge is 2.25. The van der Waals surface area contributed by atoms with Crippen LogP contribution in [-0.2, 0) is 13.0 Å². The molecule has 3 heterocycles. The van der Waals surface area contributed by atoms with E-state index >= 15 is 0 Å². The Kier molecular flexibility index (Phi) is 4.72. The summed E-state index contributed by atoms with van der Waals surface area (Å²) in [6.45, 7) is 3.98. The molecule has 3 aromatic rings. The molecule has 1 fully saturated rings. The van der Waals surface area contributed by atoms with Crippen LogP contribution in [0.3, 0.4) is 0 Å². The van der Waals surface area contributed by atoms with Crippen LogP contribution in [0.1, 0.15) is 36.7 Å². The van der Waals surface area contributed by atoms with Crippen molar-refractivity contribution in [3.63, 3.8) is 0 Å². The Morgan fingerprint density at radius 3 is 3.00 bits per heavy atom. The van der Waals surface area contributed by atoms with Crippen molar-refractivity contribution in [2.45, 2.75) is 45.2 Å². The number of nitrogens with zero attached hydrogens (tertiary/aromatic N) is 5. The number of benzene rings is 1. The number of aromatic nitrogens is 3. The summed E-state index contributed by atoms with van der Waals surface area (Å²) in [4.78, 5) is 11.4. The maximum Gasteiger partial charge on any atom is 0.191 e. The van der Waals surface area contributed by atoms with E-state index in [1.807, 2.05) is 19.1 Å². The van der Waals surface area contributed by atoms with E-state index in [0.29, 0.717) is 25.0 Å². The van der Waals surface area contributed by atoms with Gasteiger partial charge < -0.3 is 8.98 Å². The van der Waals surface area contributed by atoms with Crippen molar-refractivity contribution in [2.24, 2.45) is 0 Å². The van der Waals surface area contributed by atoms with E-state index in [2.05, 4.69) is 32.7 Å². The average molecular weight is 349 g/mol. The molecule has 2 aromatic heterocycles. The van der Waals surface area contributed by atoms with Crippen LogP contribution in [0.5, 0.6) is 0 Å². The fraction of sp³-hybridized carbons (Fsp3) is 0.450. The number of aryl methyl sites for hydroxylation is 1. The van der Waals surface area contributed by atoms with Gasteiger partial charge in [-0.05, 0) is 31.5 Å². The predicted octanol–water partition coefficient (Wildman–Crippen LogP) is 3.30. The highest BCUT2D eigenvalue weighted by molar-refractivity contribution is 5.76. The lowest BCUT2D eigenvalue weighted by atomic mass is 9.99. The fourth-order valence-corrected chi connectivity index (χ4v) is 3.89. The zero-order valence-corrected chi connectivity index (χ0v) is 15.1. The topological polar surface area (TPSA) is 70.9 Å². The number of oxazole rings is 1. The minimum absolute atomic E-state index is 0.371. The van der Waals surface area contributed by atoms with E-state index in [9.17, 15) is 0 Å². The summed E-state index contributed by atoms with van der Waals surface area (Å²) < 4.78 is 7.93. The lowest BCUT2D eigenvalue weighted by molar-refractivity contribution is 0.163. The molecule has 4 rings (SSSR count). The maximum atomic E-state index is 9.14. The van der Waals surface area contributed by atoms with Gasteiger partial charge in [0.25, 0.3) is 0 Å². The summed E-state index contributed by atoms with van der Waals surface area (Å²) in [5.41, 5.74) is 2.11. The summed E-state index contributed by atoms with van der Waals surface area (Å²) in [6.07, 6.45) is 6.15. The first-order chi connectivity index (χ1) is 12.7. The van der Waals surface area contributed by atoms with Crippen molar-refractivity contribution in [1.82, 2.24) is 19.4 Å². The monoisotopic (exact) mass is 349 g/mol. The number of hydrogen-bond donors (Lipinski definition) is 0. The second-order valence-corrected chi connectivity index (χ2v) is 6.93. The second kappa shape index (κ2) is 7.30. The molecule has 1 aliphatic heterocycles. The maximum absolute atomic E-state index is 9.14. The van der Waals surface area contributed by atoms with Gasteiger partial charge in [-0.3, -0.25) is 4.90 Å². The van der Waals surface area contributed by atoms with Crippen molar-refractivity contribution < 1.29 is 4.42 Å². The van der Waals surface area contributed by atoms with Crippen molar-refractivity contribution in [3.05, 3.63) is 47.9 Å². The predicted molar refractivity (Wildman–Crippen MR) is 98.6 cm³/mol. The number of hydrogen-bond acceptors (Lipinski definition) is 5. The molecule has 0 bridgehead atoms. The number of fused-ring (bicyclic) bond motifs is 1. The lowest BCUT2D eigenvalue weighted by Crippen LogP contribution is -2.41. The summed E-state index contributed by atoms with van der Waals surface area (Å²) in [6, 6.07) is 10.9. The van der Waals surface area contributed by atoms with Crippen LogP contribution in [-0.4, -0.2) is 38.6 Å². The van der Waals surface area contributed by atoms with Crippen LogP contribution in [0.2, 0.25) is 0 Å². The number of para-hydroxylation sites is 2. The molecule has 1 aliphatic rings. The molecule has 0 saturated carbocycles. The van der Waals surface area contributed by atoms with Gasteiger partial charge in [0.2, 0.25) is 0 Å². The van der Waals surface area contributed by atoms with E-state index in [1.165, 1.54) is 12.8 Å². The Bertz CT molecular complexity index is 935. The van der Waals surface area contributed by atoms with Gasteiger partial charge >= 0.3 is 0 Å². The van der Waals surface area contributed by atoms with Gasteiger partial charge in [0.1, 0.15) is 11.6 Å². The first-order valence-electron chi connectivity index (χ1n) is 9.21. The van der Waals surface area contributed by atoms with E-state index < -0.39 is 0 Å². The van der Waals surface area contributed by atoms with Gasteiger partial charge in [-0.2, -0.15) is 5.26 Å². The Morgan fingerprint density at radius 1 is 1.31 bits per heavy atom. The lowest BCUT2D eigenvalue weighted by Gasteiger charge is -2.33. The number of rotatable bonds is 5. The van der Waals surface area contributed by atoms with Crippen LogP contribution < -0.4 is 0 Å². The fourth-order valence-electron chi connectivity index (χ4n) is 3.89. The number of likely N-dealkylation sites (tertiary alicyclic amines) is 1. The third kappa shape index (κ3) is 3.35. The van der Waals surface area contributed by atoms with Crippen LogP contribution in [0.25, 0.3) is 11.0 Å². The molecule has 0 amide bonds. The van der Waals surface area contributed by atoms with Gasteiger partial charge in [-0.15, -0.1) is 0 Å². The Labute approximate surface area is 153 Å². The molecule has 26 heavy (non-hydrogen) atoms.